The van der Waals surface area contributed by atoms with Crippen molar-refractivity contribution in [2.45, 2.75) is 58.5 Å². The Morgan fingerprint density at radius 1 is 1.45 bits per heavy atom. The first-order valence-electron chi connectivity index (χ1n) is 7.91. The number of aliphatic hydroxyl groups is 1. The molecule has 0 bridgehead atoms. The first kappa shape index (κ1) is 17.3. The van der Waals surface area contributed by atoms with Crippen LogP contribution in [0.15, 0.2) is 24.0 Å². The zero-order valence-corrected chi connectivity index (χ0v) is 13.1. The molecule has 0 heterocycles. The van der Waals surface area contributed by atoms with Gasteiger partial charge in [-0.25, -0.2) is 0 Å². The molecule has 1 aliphatic carbocycles. The van der Waals surface area contributed by atoms with Gasteiger partial charge in [0.25, 0.3) is 0 Å². The number of rotatable bonds is 7. The minimum Gasteiger partial charge on any atom is -0.494 e. The van der Waals surface area contributed by atoms with Crippen LogP contribution in [-0.2, 0) is 4.74 Å². The van der Waals surface area contributed by atoms with Gasteiger partial charge in [-0.3, -0.25) is 0 Å². The standard InChI is InChI=1S/C17H31NO2/c1-13-6-4-5-7-16(10-13)12-20-15(3)11-14(2)17(19)8-9-18/h11,13,16-17,19H,3-10,12,18H2,1-2H3. The van der Waals surface area contributed by atoms with Crippen LogP contribution in [0.3, 0.4) is 0 Å². The van der Waals surface area contributed by atoms with Crippen molar-refractivity contribution in [2.24, 2.45) is 17.6 Å². The van der Waals surface area contributed by atoms with Crippen molar-refractivity contribution in [1.29, 1.82) is 0 Å². The van der Waals surface area contributed by atoms with Crippen LogP contribution in [0, 0.1) is 11.8 Å². The summed E-state index contributed by atoms with van der Waals surface area (Å²) in [6.45, 7) is 9.38. The fourth-order valence-corrected chi connectivity index (χ4v) is 2.88. The number of aliphatic hydroxyl groups excluding tert-OH is 1. The molecule has 1 saturated carbocycles. The molecular weight excluding hydrogens is 250 g/mol. The van der Waals surface area contributed by atoms with Gasteiger partial charge in [-0.1, -0.05) is 32.8 Å². The first-order chi connectivity index (χ1) is 9.52. The highest BCUT2D eigenvalue weighted by Gasteiger charge is 2.17. The third kappa shape index (κ3) is 6.58. The maximum absolute atomic E-state index is 9.81. The zero-order chi connectivity index (χ0) is 15.0. The van der Waals surface area contributed by atoms with E-state index < -0.39 is 6.10 Å². The average molecular weight is 281 g/mol. The summed E-state index contributed by atoms with van der Waals surface area (Å²) < 4.78 is 5.77. The van der Waals surface area contributed by atoms with Gasteiger partial charge in [0.15, 0.2) is 0 Å². The number of ether oxygens (including phenoxy) is 1. The summed E-state index contributed by atoms with van der Waals surface area (Å²) in [6.07, 6.45) is 8.45. The molecule has 20 heavy (non-hydrogen) atoms. The van der Waals surface area contributed by atoms with Crippen molar-refractivity contribution in [3.8, 4) is 0 Å². The molecule has 3 unspecified atom stereocenters. The van der Waals surface area contributed by atoms with Crippen molar-refractivity contribution >= 4 is 0 Å². The molecule has 1 aliphatic rings. The molecule has 0 aromatic carbocycles. The van der Waals surface area contributed by atoms with Crippen LogP contribution in [-0.4, -0.2) is 24.4 Å². The number of hydrogen-bond acceptors (Lipinski definition) is 3. The highest BCUT2D eigenvalue weighted by Crippen LogP contribution is 2.28. The minimum absolute atomic E-state index is 0.486. The van der Waals surface area contributed by atoms with Gasteiger partial charge in [0.1, 0.15) is 5.76 Å². The second-order valence-electron chi connectivity index (χ2n) is 6.25. The lowest BCUT2D eigenvalue weighted by molar-refractivity contribution is 0.157. The number of nitrogens with two attached hydrogens (primary N) is 1. The second kappa shape index (κ2) is 9.19. The van der Waals surface area contributed by atoms with Gasteiger partial charge in [0.2, 0.25) is 0 Å². The summed E-state index contributed by atoms with van der Waals surface area (Å²) >= 11 is 0. The summed E-state index contributed by atoms with van der Waals surface area (Å²) in [6, 6.07) is 0. The average Bonchev–Trinajstić information content (AvgIpc) is 2.61. The van der Waals surface area contributed by atoms with E-state index in [0.29, 0.717) is 24.6 Å². The Hall–Kier alpha value is -0.800. The van der Waals surface area contributed by atoms with E-state index in [2.05, 4.69) is 13.5 Å². The van der Waals surface area contributed by atoms with Gasteiger partial charge in [0, 0.05) is 0 Å². The third-order valence-electron chi connectivity index (χ3n) is 4.15. The smallest absolute Gasteiger partial charge is 0.112 e. The lowest BCUT2D eigenvalue weighted by Gasteiger charge is -2.18. The van der Waals surface area contributed by atoms with E-state index in [1.807, 2.05) is 13.0 Å². The van der Waals surface area contributed by atoms with Gasteiger partial charge >= 0.3 is 0 Å². The van der Waals surface area contributed by atoms with E-state index in [9.17, 15) is 5.11 Å². The Morgan fingerprint density at radius 3 is 2.85 bits per heavy atom. The molecular formula is C17H31NO2. The Labute approximate surface area is 123 Å². The molecule has 0 amide bonds. The van der Waals surface area contributed by atoms with Gasteiger partial charge in [0.05, 0.1) is 12.7 Å². The lowest BCUT2D eigenvalue weighted by atomic mass is 9.95. The molecule has 116 valence electrons. The quantitative estimate of drug-likeness (QED) is 0.427. The van der Waals surface area contributed by atoms with Crippen molar-refractivity contribution in [2.75, 3.05) is 13.2 Å². The van der Waals surface area contributed by atoms with Crippen molar-refractivity contribution in [3.05, 3.63) is 24.0 Å². The molecule has 0 aliphatic heterocycles. The van der Waals surface area contributed by atoms with Crippen LogP contribution in [0.2, 0.25) is 0 Å². The van der Waals surface area contributed by atoms with E-state index in [1.54, 1.807) is 0 Å². The Morgan fingerprint density at radius 2 is 2.15 bits per heavy atom. The normalized spacial score (nSPS) is 25.9. The van der Waals surface area contributed by atoms with Crippen LogP contribution in [0.25, 0.3) is 0 Å². The summed E-state index contributed by atoms with van der Waals surface area (Å²) in [5, 5.41) is 9.81. The van der Waals surface area contributed by atoms with E-state index in [1.165, 1.54) is 32.1 Å². The van der Waals surface area contributed by atoms with E-state index in [-0.39, 0.29) is 0 Å². The molecule has 0 aromatic rings. The van der Waals surface area contributed by atoms with Gasteiger partial charge in [-0.05, 0) is 56.2 Å². The number of allylic oxidation sites excluding steroid dienone is 1. The summed E-state index contributed by atoms with van der Waals surface area (Å²) in [7, 11) is 0. The summed E-state index contributed by atoms with van der Waals surface area (Å²) in [4.78, 5) is 0. The van der Waals surface area contributed by atoms with Gasteiger partial charge in [-0.15, -0.1) is 0 Å². The summed E-state index contributed by atoms with van der Waals surface area (Å²) in [5.41, 5.74) is 6.31. The van der Waals surface area contributed by atoms with Crippen molar-refractivity contribution in [3.63, 3.8) is 0 Å². The number of hydrogen-bond donors (Lipinski definition) is 2. The molecule has 0 saturated heterocycles. The second-order valence-corrected chi connectivity index (χ2v) is 6.25. The Kier molecular flexibility index (Phi) is 7.93. The molecule has 0 aromatic heterocycles. The molecule has 3 heteroatoms. The molecule has 1 rings (SSSR count). The SMILES string of the molecule is C=C(C=C(C)C(O)CCN)OCC1CCCCC(C)C1. The van der Waals surface area contributed by atoms with Gasteiger partial charge < -0.3 is 15.6 Å². The first-order valence-corrected chi connectivity index (χ1v) is 7.91. The highest BCUT2D eigenvalue weighted by atomic mass is 16.5. The molecule has 3 atom stereocenters. The predicted octanol–water partition coefficient (Wildman–Crippen LogP) is 3.39. The topological polar surface area (TPSA) is 55.5 Å². The van der Waals surface area contributed by atoms with Crippen LogP contribution in [0.5, 0.6) is 0 Å². The fourth-order valence-electron chi connectivity index (χ4n) is 2.88. The van der Waals surface area contributed by atoms with Crippen LogP contribution in [0.4, 0.5) is 0 Å². The van der Waals surface area contributed by atoms with Crippen LogP contribution >= 0.6 is 0 Å². The minimum atomic E-state index is -0.488. The fraction of sp³-hybridized carbons (Fsp3) is 0.765. The maximum Gasteiger partial charge on any atom is 0.112 e. The Bertz CT molecular complexity index is 325. The molecule has 0 spiro atoms. The third-order valence-corrected chi connectivity index (χ3v) is 4.15. The molecule has 3 nitrogen and oxygen atoms in total. The molecule has 0 radical (unpaired) electrons. The summed E-state index contributed by atoms with van der Waals surface area (Å²) in [5.74, 6) is 2.10. The van der Waals surface area contributed by atoms with E-state index >= 15 is 0 Å². The molecule has 3 N–H and O–H groups in total. The lowest BCUT2D eigenvalue weighted by Crippen LogP contribution is -2.15. The van der Waals surface area contributed by atoms with Gasteiger partial charge in [-0.2, -0.15) is 0 Å². The molecule has 1 fully saturated rings. The Balaban J connectivity index is 2.36. The van der Waals surface area contributed by atoms with Crippen LogP contribution in [0.1, 0.15) is 52.4 Å². The monoisotopic (exact) mass is 281 g/mol. The van der Waals surface area contributed by atoms with E-state index in [0.717, 1.165) is 18.1 Å². The van der Waals surface area contributed by atoms with Crippen molar-refractivity contribution < 1.29 is 9.84 Å². The zero-order valence-electron chi connectivity index (χ0n) is 13.1. The maximum atomic E-state index is 9.81. The largest absolute Gasteiger partial charge is 0.494 e. The predicted molar refractivity (Wildman–Crippen MR) is 84.3 cm³/mol. The van der Waals surface area contributed by atoms with Crippen molar-refractivity contribution in [1.82, 2.24) is 0 Å². The van der Waals surface area contributed by atoms with E-state index in [4.69, 9.17) is 10.5 Å². The highest BCUT2D eigenvalue weighted by molar-refractivity contribution is 5.17. The van der Waals surface area contributed by atoms with Crippen LogP contribution < -0.4 is 5.73 Å².